The van der Waals surface area contributed by atoms with E-state index in [0.717, 1.165) is 38.5 Å². The van der Waals surface area contributed by atoms with E-state index in [9.17, 15) is 35.9 Å². The van der Waals surface area contributed by atoms with Crippen LogP contribution in [0.1, 0.15) is 29.2 Å². The number of hydrogen-bond acceptors (Lipinski definition) is 6. The molecule has 0 saturated heterocycles. The van der Waals surface area contributed by atoms with Crippen molar-refractivity contribution in [2.24, 2.45) is 0 Å². The van der Waals surface area contributed by atoms with Crippen molar-refractivity contribution < 1.29 is 54.9 Å². The van der Waals surface area contributed by atoms with E-state index >= 15 is 0 Å². The van der Waals surface area contributed by atoms with Gasteiger partial charge in [0, 0.05) is 31.8 Å². The van der Waals surface area contributed by atoms with Crippen LogP contribution in [0.2, 0.25) is 0 Å². The predicted octanol–water partition coefficient (Wildman–Crippen LogP) is 6.97. The van der Waals surface area contributed by atoms with Gasteiger partial charge in [0.25, 0.3) is 11.2 Å². The zero-order valence-electron chi connectivity index (χ0n) is 23.0. The van der Waals surface area contributed by atoms with Crippen LogP contribution < -0.4 is 0 Å². The van der Waals surface area contributed by atoms with Gasteiger partial charge < -0.3 is 18.9 Å². The highest BCUT2D eigenvalue weighted by molar-refractivity contribution is 5.83. The summed E-state index contributed by atoms with van der Waals surface area (Å²) < 4.78 is 105. The normalized spacial score (nSPS) is 15.7. The van der Waals surface area contributed by atoms with Crippen LogP contribution in [-0.2, 0) is 39.7 Å². The molecular formula is C31H28F6O6. The Bertz CT molecular complexity index is 1360. The summed E-state index contributed by atoms with van der Waals surface area (Å²) in [6.07, 6.45) is -9.37. The first-order valence-corrected chi connectivity index (χ1v) is 12.8. The number of benzene rings is 3. The summed E-state index contributed by atoms with van der Waals surface area (Å²) in [6, 6.07) is 20.3. The number of carbonyl (C=O) groups is 2. The van der Waals surface area contributed by atoms with Gasteiger partial charge in [0.2, 0.25) is 0 Å². The average Bonchev–Trinajstić information content (AvgIpc) is 2.98. The number of alkyl halides is 6. The summed E-state index contributed by atoms with van der Waals surface area (Å²) >= 11 is 0. The van der Waals surface area contributed by atoms with Crippen LogP contribution in [0.15, 0.2) is 103 Å². The summed E-state index contributed by atoms with van der Waals surface area (Å²) in [5, 5.41) is 0. The molecule has 12 heteroatoms. The topological polar surface area (TPSA) is 71.1 Å². The SMILES string of the molecule is CO[C@](C(=O)OC/C=C\C[C@@H](OC(=O)[C@@](OC)(c1ccccc1)C(F)(F)F)c1ccccc1)(c1ccccc1)C(F)(F)F. The van der Waals surface area contributed by atoms with Crippen LogP contribution in [0, 0.1) is 0 Å². The van der Waals surface area contributed by atoms with Crippen LogP contribution in [0.3, 0.4) is 0 Å². The second-order valence-corrected chi connectivity index (χ2v) is 9.11. The van der Waals surface area contributed by atoms with Crippen molar-refractivity contribution >= 4 is 11.9 Å². The van der Waals surface area contributed by atoms with Crippen LogP contribution >= 0.6 is 0 Å². The van der Waals surface area contributed by atoms with Crippen molar-refractivity contribution in [2.45, 2.75) is 36.1 Å². The van der Waals surface area contributed by atoms with Crippen molar-refractivity contribution in [3.05, 3.63) is 120 Å². The Morgan fingerprint density at radius 1 is 0.651 bits per heavy atom. The second-order valence-electron chi connectivity index (χ2n) is 9.11. The van der Waals surface area contributed by atoms with E-state index in [-0.39, 0.29) is 6.42 Å². The van der Waals surface area contributed by atoms with E-state index in [4.69, 9.17) is 14.2 Å². The molecule has 0 N–H and O–H groups in total. The third-order valence-electron chi connectivity index (χ3n) is 6.59. The molecule has 230 valence electrons. The van der Waals surface area contributed by atoms with E-state index in [0.29, 0.717) is 5.56 Å². The van der Waals surface area contributed by atoms with Gasteiger partial charge in [-0.05, 0) is 5.56 Å². The van der Waals surface area contributed by atoms with Crippen LogP contribution in [0.4, 0.5) is 26.3 Å². The fourth-order valence-corrected chi connectivity index (χ4v) is 4.42. The highest BCUT2D eigenvalue weighted by atomic mass is 19.4. The summed E-state index contributed by atoms with van der Waals surface area (Å²) in [6.45, 7) is -0.642. The van der Waals surface area contributed by atoms with E-state index in [1.54, 1.807) is 18.2 Å². The minimum absolute atomic E-state index is 0.215. The molecule has 0 unspecified atom stereocenters. The number of rotatable bonds is 12. The summed E-state index contributed by atoms with van der Waals surface area (Å²) in [5.74, 6) is -3.44. The largest absolute Gasteiger partial charge is 0.459 e. The second kappa shape index (κ2) is 13.9. The van der Waals surface area contributed by atoms with E-state index in [1.807, 2.05) is 0 Å². The third kappa shape index (κ3) is 6.91. The molecule has 3 atom stereocenters. The summed E-state index contributed by atoms with van der Waals surface area (Å²) in [5.41, 5.74) is -7.46. The lowest BCUT2D eigenvalue weighted by atomic mass is 9.92. The molecule has 6 nitrogen and oxygen atoms in total. The number of methoxy groups -OCH3 is 2. The molecule has 3 aromatic rings. The maximum absolute atomic E-state index is 14.3. The molecule has 3 rings (SSSR count). The maximum atomic E-state index is 14.3. The Kier molecular flexibility index (Phi) is 10.8. The Morgan fingerprint density at radius 2 is 1.07 bits per heavy atom. The lowest BCUT2D eigenvalue weighted by molar-refractivity contribution is -0.278. The van der Waals surface area contributed by atoms with Gasteiger partial charge in [0.1, 0.15) is 12.7 Å². The van der Waals surface area contributed by atoms with Crippen molar-refractivity contribution in [3.8, 4) is 0 Å². The minimum Gasteiger partial charge on any atom is -0.459 e. The van der Waals surface area contributed by atoms with Gasteiger partial charge in [-0.2, -0.15) is 26.3 Å². The molecule has 0 heterocycles. The van der Waals surface area contributed by atoms with Gasteiger partial charge in [-0.1, -0.05) is 103 Å². The quantitative estimate of drug-likeness (QED) is 0.125. The fourth-order valence-electron chi connectivity index (χ4n) is 4.42. The monoisotopic (exact) mass is 610 g/mol. The number of ether oxygens (including phenoxy) is 4. The van der Waals surface area contributed by atoms with Crippen molar-refractivity contribution in [3.63, 3.8) is 0 Å². The maximum Gasteiger partial charge on any atom is 0.432 e. The van der Waals surface area contributed by atoms with Gasteiger partial charge in [-0.3, -0.25) is 0 Å². The highest BCUT2D eigenvalue weighted by Gasteiger charge is 2.65. The predicted molar refractivity (Wildman–Crippen MR) is 142 cm³/mol. The van der Waals surface area contributed by atoms with Gasteiger partial charge in [-0.15, -0.1) is 0 Å². The highest BCUT2D eigenvalue weighted by Crippen LogP contribution is 2.45. The fraction of sp³-hybridized carbons (Fsp3) is 0.290. The van der Waals surface area contributed by atoms with Crippen LogP contribution in [0.5, 0.6) is 0 Å². The van der Waals surface area contributed by atoms with Crippen molar-refractivity contribution in [1.82, 2.24) is 0 Å². The Labute approximate surface area is 243 Å². The van der Waals surface area contributed by atoms with Gasteiger partial charge >= 0.3 is 24.3 Å². The van der Waals surface area contributed by atoms with Crippen LogP contribution in [-0.4, -0.2) is 45.1 Å². The smallest absolute Gasteiger partial charge is 0.432 e. The molecule has 0 fully saturated rings. The Balaban J connectivity index is 1.81. The molecule has 0 saturated carbocycles. The van der Waals surface area contributed by atoms with E-state index in [1.165, 1.54) is 60.7 Å². The molecular weight excluding hydrogens is 582 g/mol. The molecule has 0 aromatic heterocycles. The molecule has 0 spiro atoms. The number of esters is 2. The first-order valence-electron chi connectivity index (χ1n) is 12.8. The Morgan fingerprint density at radius 3 is 1.49 bits per heavy atom. The first kappa shape index (κ1) is 33.3. The molecule has 0 aliphatic heterocycles. The Hall–Kier alpha value is -4.16. The molecule has 0 amide bonds. The molecule has 0 aliphatic rings. The lowest BCUT2D eigenvalue weighted by Gasteiger charge is -2.33. The first-order chi connectivity index (χ1) is 20.3. The standard InChI is InChI=1S/C31H28F6O6/c1-40-28(30(32,33)34,23-16-8-4-9-17-23)26(38)42-21-13-12-20-25(22-14-6-3-7-15-22)43-27(39)29(41-2,31(35,36)37)24-18-10-5-11-19-24/h3-19,25H,20-21H2,1-2H3/b13-12-/t25-,28+,29+/m1/s1. The molecule has 3 aromatic carbocycles. The zero-order valence-corrected chi connectivity index (χ0v) is 23.0. The molecule has 0 aliphatic carbocycles. The number of carbonyl (C=O) groups excluding carboxylic acids is 2. The summed E-state index contributed by atoms with van der Waals surface area (Å²) in [7, 11) is 1.47. The zero-order chi connectivity index (χ0) is 31.7. The van der Waals surface area contributed by atoms with Gasteiger partial charge in [0.05, 0.1) is 0 Å². The van der Waals surface area contributed by atoms with E-state index < -0.39 is 59.3 Å². The third-order valence-corrected chi connectivity index (χ3v) is 6.59. The van der Waals surface area contributed by atoms with Gasteiger partial charge in [-0.25, -0.2) is 9.59 Å². The van der Waals surface area contributed by atoms with E-state index in [2.05, 4.69) is 4.74 Å². The molecule has 0 bridgehead atoms. The van der Waals surface area contributed by atoms with Crippen molar-refractivity contribution in [1.29, 1.82) is 0 Å². The van der Waals surface area contributed by atoms with Gasteiger partial charge in [0.15, 0.2) is 0 Å². The van der Waals surface area contributed by atoms with Crippen molar-refractivity contribution in [2.75, 3.05) is 20.8 Å². The molecule has 43 heavy (non-hydrogen) atoms. The average molecular weight is 611 g/mol. The van der Waals surface area contributed by atoms with Crippen LogP contribution in [0.25, 0.3) is 0 Å². The minimum atomic E-state index is -5.20. The number of halogens is 6. The summed E-state index contributed by atoms with van der Waals surface area (Å²) in [4.78, 5) is 25.9. The lowest BCUT2D eigenvalue weighted by Crippen LogP contribution is -2.52. The number of hydrogen-bond donors (Lipinski definition) is 0. The molecule has 0 radical (unpaired) electrons.